The highest BCUT2D eigenvalue weighted by Gasteiger charge is 2.42. The van der Waals surface area contributed by atoms with E-state index in [4.69, 9.17) is 17.0 Å². The fourth-order valence-corrected chi connectivity index (χ4v) is 5.33. The van der Waals surface area contributed by atoms with Crippen LogP contribution in [0.3, 0.4) is 0 Å². The lowest BCUT2D eigenvalue weighted by molar-refractivity contribution is -0.115. The minimum absolute atomic E-state index is 0.0793. The first-order valence-corrected chi connectivity index (χ1v) is 13.1. The number of amides is 1. The first-order valence-electron chi connectivity index (χ1n) is 11.9. The van der Waals surface area contributed by atoms with Crippen molar-refractivity contribution in [3.05, 3.63) is 101 Å². The maximum atomic E-state index is 12.0. The average molecular weight is 577 g/mol. The molecule has 1 saturated heterocycles. The summed E-state index contributed by atoms with van der Waals surface area (Å²) in [7, 11) is 1.59. The summed E-state index contributed by atoms with van der Waals surface area (Å²) in [5.74, 6) is 0.480. The fourth-order valence-electron chi connectivity index (χ4n) is 4.60. The van der Waals surface area contributed by atoms with Gasteiger partial charge in [0, 0.05) is 46.4 Å². The van der Waals surface area contributed by atoms with Gasteiger partial charge >= 0.3 is 0 Å². The highest BCUT2D eigenvalue weighted by molar-refractivity contribution is 9.10. The summed E-state index contributed by atoms with van der Waals surface area (Å²) in [4.78, 5) is 18.8. The number of nitrogens with zero attached hydrogens (tertiary/aromatic N) is 3. The normalized spacial score (nSPS) is 16.9. The predicted molar refractivity (Wildman–Crippen MR) is 153 cm³/mol. The molecule has 2 aromatic heterocycles. The molecule has 2 aromatic carbocycles. The van der Waals surface area contributed by atoms with Gasteiger partial charge in [-0.05, 0) is 66.8 Å². The molecule has 3 heterocycles. The van der Waals surface area contributed by atoms with E-state index in [2.05, 4.69) is 65.4 Å². The van der Waals surface area contributed by atoms with Crippen LogP contribution in [0.2, 0.25) is 0 Å². The van der Waals surface area contributed by atoms with Gasteiger partial charge in [0.25, 0.3) is 0 Å². The second-order valence-electron chi connectivity index (χ2n) is 8.57. The SMILES string of the molecule is CCC(=O)Nc1ccc(N2C(=S)N[C@@H](c3ccccn3)[C@@H]2c2cccn2-c2cccc(Br)c2)cc1OC. The van der Waals surface area contributed by atoms with Crippen molar-refractivity contribution in [1.29, 1.82) is 0 Å². The number of aromatic nitrogens is 2. The lowest BCUT2D eigenvalue weighted by Gasteiger charge is -2.29. The summed E-state index contributed by atoms with van der Waals surface area (Å²) in [6.07, 6.45) is 4.23. The van der Waals surface area contributed by atoms with Crippen LogP contribution in [0.25, 0.3) is 5.69 Å². The van der Waals surface area contributed by atoms with Gasteiger partial charge in [0.15, 0.2) is 5.11 Å². The highest BCUT2D eigenvalue weighted by atomic mass is 79.9. The van der Waals surface area contributed by atoms with Crippen LogP contribution in [0.4, 0.5) is 11.4 Å². The first-order chi connectivity index (χ1) is 18.0. The Hall–Kier alpha value is -3.69. The molecule has 2 N–H and O–H groups in total. The van der Waals surface area contributed by atoms with Crippen LogP contribution in [0.1, 0.15) is 36.8 Å². The van der Waals surface area contributed by atoms with E-state index in [1.165, 1.54) is 0 Å². The fraction of sp³-hybridized carbons (Fsp3) is 0.179. The zero-order valence-electron chi connectivity index (χ0n) is 20.4. The Morgan fingerprint density at radius 2 is 1.97 bits per heavy atom. The number of rotatable bonds is 7. The number of ether oxygens (including phenoxy) is 1. The molecule has 188 valence electrons. The zero-order valence-corrected chi connectivity index (χ0v) is 22.8. The quantitative estimate of drug-likeness (QED) is 0.257. The standard InChI is InChI=1S/C28H26BrN5O2S/c1-3-25(35)31-21-13-12-20(17-24(21)36-2)34-27(26(32-28(34)37)22-10-4-5-14-30-22)23-11-7-15-33(23)19-9-6-8-18(29)16-19/h4-17,26-27H,3H2,1-2H3,(H,31,35)(H,32,37)/t26-,27-/m0/s1. The smallest absolute Gasteiger partial charge is 0.224 e. The van der Waals surface area contributed by atoms with Crippen molar-refractivity contribution in [1.82, 2.24) is 14.9 Å². The lowest BCUT2D eigenvalue weighted by Crippen LogP contribution is -2.30. The maximum absolute atomic E-state index is 12.0. The van der Waals surface area contributed by atoms with Crippen molar-refractivity contribution in [2.24, 2.45) is 0 Å². The second-order valence-corrected chi connectivity index (χ2v) is 9.87. The van der Waals surface area contributed by atoms with Crippen molar-refractivity contribution in [2.75, 3.05) is 17.3 Å². The third-order valence-electron chi connectivity index (χ3n) is 6.33. The van der Waals surface area contributed by atoms with Gasteiger partial charge in [-0.1, -0.05) is 35.0 Å². The van der Waals surface area contributed by atoms with Crippen molar-refractivity contribution in [3.63, 3.8) is 0 Å². The molecule has 9 heteroatoms. The Bertz CT molecular complexity index is 1440. The van der Waals surface area contributed by atoms with Crippen molar-refractivity contribution >= 4 is 50.5 Å². The summed E-state index contributed by atoms with van der Waals surface area (Å²) >= 11 is 9.49. The number of anilines is 2. The van der Waals surface area contributed by atoms with E-state index in [1.807, 2.05) is 61.5 Å². The maximum Gasteiger partial charge on any atom is 0.224 e. The van der Waals surface area contributed by atoms with Gasteiger partial charge in [0.1, 0.15) is 11.8 Å². The van der Waals surface area contributed by atoms with Gasteiger partial charge in [0.05, 0.1) is 24.5 Å². The lowest BCUT2D eigenvalue weighted by atomic mass is 10.0. The Morgan fingerprint density at radius 1 is 1.11 bits per heavy atom. The molecule has 0 radical (unpaired) electrons. The van der Waals surface area contributed by atoms with Crippen LogP contribution in [0, 0.1) is 0 Å². The number of hydrogen-bond donors (Lipinski definition) is 2. The number of thiocarbonyl (C=S) groups is 1. The van der Waals surface area contributed by atoms with Crippen molar-refractivity contribution in [2.45, 2.75) is 25.4 Å². The minimum Gasteiger partial charge on any atom is -0.494 e. The molecule has 1 aliphatic rings. The molecule has 0 unspecified atom stereocenters. The van der Waals surface area contributed by atoms with Gasteiger partial charge in [-0.2, -0.15) is 0 Å². The minimum atomic E-state index is -0.211. The van der Waals surface area contributed by atoms with Crippen LogP contribution in [0.15, 0.2) is 89.7 Å². The summed E-state index contributed by atoms with van der Waals surface area (Å²) in [5, 5.41) is 6.98. The number of nitrogens with one attached hydrogen (secondary N) is 2. The zero-order chi connectivity index (χ0) is 25.9. The second kappa shape index (κ2) is 10.7. The average Bonchev–Trinajstić information content (AvgIpc) is 3.53. The number of carbonyl (C=O) groups is 1. The Balaban J connectivity index is 1.63. The van der Waals surface area contributed by atoms with E-state index in [1.54, 1.807) is 13.3 Å². The molecule has 7 nitrogen and oxygen atoms in total. The van der Waals surface area contributed by atoms with E-state index in [0.29, 0.717) is 23.0 Å². The van der Waals surface area contributed by atoms with Crippen LogP contribution >= 0.6 is 28.1 Å². The van der Waals surface area contributed by atoms with Crippen molar-refractivity contribution in [3.8, 4) is 11.4 Å². The van der Waals surface area contributed by atoms with Crippen molar-refractivity contribution < 1.29 is 9.53 Å². The molecule has 0 spiro atoms. The van der Waals surface area contributed by atoms with Gasteiger partial charge in [0.2, 0.25) is 5.91 Å². The molecule has 1 aliphatic heterocycles. The summed E-state index contributed by atoms with van der Waals surface area (Å²) < 4.78 is 8.81. The molecule has 2 atom stereocenters. The summed E-state index contributed by atoms with van der Waals surface area (Å²) in [6.45, 7) is 1.81. The topological polar surface area (TPSA) is 71.4 Å². The van der Waals surface area contributed by atoms with E-state index >= 15 is 0 Å². The molecule has 37 heavy (non-hydrogen) atoms. The molecule has 1 amide bonds. The molecule has 5 rings (SSSR count). The highest BCUT2D eigenvalue weighted by Crippen LogP contribution is 2.44. The Morgan fingerprint density at radius 3 is 2.70 bits per heavy atom. The van der Waals surface area contributed by atoms with Crippen LogP contribution in [0.5, 0.6) is 5.75 Å². The number of pyridine rings is 1. The first kappa shape index (κ1) is 25.0. The van der Waals surface area contributed by atoms with Crippen LogP contribution < -0.4 is 20.3 Å². The molecular weight excluding hydrogens is 550 g/mol. The van der Waals surface area contributed by atoms with E-state index < -0.39 is 0 Å². The van der Waals surface area contributed by atoms with Gasteiger partial charge in [-0.3, -0.25) is 9.78 Å². The van der Waals surface area contributed by atoms with E-state index in [0.717, 1.165) is 27.2 Å². The largest absolute Gasteiger partial charge is 0.494 e. The van der Waals surface area contributed by atoms with Gasteiger partial charge in [-0.25, -0.2) is 0 Å². The Labute approximate surface area is 229 Å². The summed E-state index contributed by atoms with van der Waals surface area (Å²) in [5.41, 5.74) is 4.42. The Kier molecular flexibility index (Phi) is 7.25. The van der Waals surface area contributed by atoms with Gasteiger partial charge < -0.3 is 24.8 Å². The third kappa shape index (κ3) is 4.97. The van der Waals surface area contributed by atoms with E-state index in [9.17, 15) is 4.79 Å². The van der Waals surface area contributed by atoms with Gasteiger partial charge in [-0.15, -0.1) is 0 Å². The number of benzene rings is 2. The third-order valence-corrected chi connectivity index (χ3v) is 7.13. The molecule has 4 aromatic rings. The monoisotopic (exact) mass is 575 g/mol. The molecule has 0 aliphatic carbocycles. The summed E-state index contributed by atoms with van der Waals surface area (Å²) in [6, 6.07) is 23.5. The number of methoxy groups -OCH3 is 1. The molecule has 0 saturated carbocycles. The number of hydrogen-bond acceptors (Lipinski definition) is 4. The van der Waals surface area contributed by atoms with Crippen LogP contribution in [-0.4, -0.2) is 27.7 Å². The predicted octanol–water partition coefficient (Wildman–Crippen LogP) is 6.17. The number of halogens is 1. The number of carbonyl (C=O) groups excluding carboxylic acids is 1. The van der Waals surface area contributed by atoms with E-state index in [-0.39, 0.29) is 18.0 Å². The molecule has 1 fully saturated rings. The molecule has 0 bridgehead atoms. The van der Waals surface area contributed by atoms with Crippen LogP contribution in [-0.2, 0) is 4.79 Å². The molecular formula is C28H26BrN5O2S.